The van der Waals surface area contributed by atoms with Gasteiger partial charge in [-0.3, -0.25) is 0 Å². The highest BCUT2D eigenvalue weighted by atomic mass is 32.1. The van der Waals surface area contributed by atoms with E-state index < -0.39 is 0 Å². The number of pyridine rings is 1. The van der Waals surface area contributed by atoms with Crippen LogP contribution < -0.4 is 0 Å². The van der Waals surface area contributed by atoms with E-state index in [1.165, 1.54) is 63.5 Å². The number of fused-ring (bicyclic) bond motifs is 13. The first-order valence-electron chi connectivity index (χ1n) is 14.6. The van der Waals surface area contributed by atoms with Crippen LogP contribution in [0.15, 0.2) is 140 Å². The van der Waals surface area contributed by atoms with E-state index in [1.807, 2.05) is 35.7 Å². The third-order valence-electron chi connectivity index (χ3n) is 8.92. The highest BCUT2D eigenvalue weighted by Crippen LogP contribution is 2.49. The van der Waals surface area contributed by atoms with Crippen LogP contribution in [0, 0.1) is 0 Å². The second kappa shape index (κ2) is 8.54. The molecule has 0 spiro atoms. The molecule has 0 aliphatic rings. The second-order valence-electron chi connectivity index (χ2n) is 11.2. The Hall–Kier alpha value is -5.45. The van der Waals surface area contributed by atoms with Crippen LogP contribution in [0.2, 0.25) is 0 Å². The van der Waals surface area contributed by atoms with Crippen LogP contribution in [0.3, 0.4) is 0 Å². The van der Waals surface area contributed by atoms with Crippen LogP contribution in [0.25, 0.3) is 86.1 Å². The summed E-state index contributed by atoms with van der Waals surface area (Å²) >= 11 is 1.93. The highest BCUT2D eigenvalue weighted by molar-refractivity contribution is 7.27. The van der Waals surface area contributed by atoms with E-state index >= 15 is 0 Å². The average Bonchev–Trinajstić information content (AvgIpc) is 3.77. The standard InChI is InChI=1S/C39H23N3S/c1-2-10-27-24(9-1)18-21-31-36-37-35(28-11-3-4-12-29(28)39(36)43-38(27)31)30-13-5-6-14-33(30)42(37)26-19-16-25(17-20-26)32-23-41-22-8-7-15-34(41)40-32/h1-23H. The number of imidazole rings is 1. The molecule has 3 nitrogen and oxygen atoms in total. The Morgan fingerprint density at radius 1 is 0.535 bits per heavy atom. The molecule has 4 aromatic heterocycles. The van der Waals surface area contributed by atoms with Crippen molar-refractivity contribution in [3.05, 3.63) is 140 Å². The van der Waals surface area contributed by atoms with Crippen LogP contribution in [-0.4, -0.2) is 14.0 Å². The third kappa shape index (κ3) is 3.16. The van der Waals surface area contributed by atoms with Crippen molar-refractivity contribution >= 4 is 80.5 Å². The summed E-state index contributed by atoms with van der Waals surface area (Å²) in [6.07, 6.45) is 4.14. The summed E-state index contributed by atoms with van der Waals surface area (Å²) in [6.45, 7) is 0. The number of hydrogen-bond donors (Lipinski definition) is 0. The molecule has 0 N–H and O–H groups in total. The lowest BCUT2D eigenvalue weighted by Crippen LogP contribution is -1.94. The first kappa shape index (κ1) is 23.1. The van der Waals surface area contributed by atoms with E-state index in [0.29, 0.717) is 0 Å². The number of thiophene rings is 1. The first-order chi connectivity index (χ1) is 21.3. The molecular weight excluding hydrogens is 543 g/mol. The topological polar surface area (TPSA) is 22.2 Å². The normalized spacial score (nSPS) is 12.2. The van der Waals surface area contributed by atoms with Gasteiger partial charge in [-0.25, -0.2) is 4.98 Å². The molecule has 10 rings (SSSR count). The van der Waals surface area contributed by atoms with E-state index in [4.69, 9.17) is 4.98 Å². The van der Waals surface area contributed by atoms with Crippen LogP contribution in [0.1, 0.15) is 0 Å². The molecule has 4 heterocycles. The predicted octanol–water partition coefficient (Wildman–Crippen LogP) is 10.8. The predicted molar refractivity (Wildman–Crippen MR) is 183 cm³/mol. The molecule has 4 heteroatoms. The smallest absolute Gasteiger partial charge is 0.137 e. The Kier molecular flexibility index (Phi) is 4.60. The largest absolute Gasteiger partial charge is 0.309 e. The van der Waals surface area contributed by atoms with Crippen LogP contribution in [0.5, 0.6) is 0 Å². The van der Waals surface area contributed by atoms with Crippen LogP contribution >= 0.6 is 11.3 Å². The van der Waals surface area contributed by atoms with E-state index in [1.54, 1.807) is 0 Å². The lowest BCUT2D eigenvalue weighted by atomic mass is 9.99. The summed E-state index contributed by atoms with van der Waals surface area (Å²) in [5.74, 6) is 0. The van der Waals surface area contributed by atoms with Crippen molar-refractivity contribution in [3.8, 4) is 16.9 Å². The third-order valence-corrected chi connectivity index (χ3v) is 10.2. The number of benzene rings is 6. The maximum Gasteiger partial charge on any atom is 0.137 e. The van der Waals surface area contributed by atoms with Gasteiger partial charge in [0.05, 0.1) is 16.7 Å². The van der Waals surface area contributed by atoms with Gasteiger partial charge in [0.2, 0.25) is 0 Å². The molecular formula is C39H23N3S. The van der Waals surface area contributed by atoms with Gasteiger partial charge in [0.25, 0.3) is 0 Å². The molecule has 0 aliphatic heterocycles. The van der Waals surface area contributed by atoms with Crippen molar-refractivity contribution in [2.45, 2.75) is 0 Å². The number of aromatic nitrogens is 3. The maximum absolute atomic E-state index is 4.86. The first-order valence-corrected chi connectivity index (χ1v) is 15.4. The van der Waals surface area contributed by atoms with Crippen molar-refractivity contribution in [3.63, 3.8) is 0 Å². The lowest BCUT2D eigenvalue weighted by molar-refractivity contribution is 1.19. The minimum atomic E-state index is 0.954. The van der Waals surface area contributed by atoms with Gasteiger partial charge in [0.15, 0.2) is 0 Å². The Morgan fingerprint density at radius 3 is 2.14 bits per heavy atom. The van der Waals surface area contributed by atoms with Gasteiger partial charge in [0.1, 0.15) is 5.65 Å². The number of rotatable bonds is 2. The average molecular weight is 566 g/mol. The molecule has 0 radical (unpaired) electrons. The Bertz CT molecular complexity index is 2690. The quantitative estimate of drug-likeness (QED) is 0.204. The second-order valence-corrected chi connectivity index (χ2v) is 12.3. The van der Waals surface area contributed by atoms with E-state index in [-0.39, 0.29) is 0 Å². The van der Waals surface area contributed by atoms with Gasteiger partial charge in [-0.05, 0) is 46.5 Å². The number of para-hydroxylation sites is 1. The van der Waals surface area contributed by atoms with Crippen molar-refractivity contribution in [1.82, 2.24) is 14.0 Å². The number of hydrogen-bond acceptors (Lipinski definition) is 2. The Balaban J connectivity index is 1.34. The van der Waals surface area contributed by atoms with Crippen LogP contribution in [0.4, 0.5) is 0 Å². The molecule has 0 atom stereocenters. The Morgan fingerprint density at radius 2 is 1.28 bits per heavy atom. The molecule has 0 amide bonds. The summed E-state index contributed by atoms with van der Waals surface area (Å²) < 4.78 is 7.25. The summed E-state index contributed by atoms with van der Waals surface area (Å²) in [5.41, 5.74) is 6.68. The summed E-state index contributed by atoms with van der Waals surface area (Å²) in [6, 6.07) is 46.2. The van der Waals surface area contributed by atoms with Crippen molar-refractivity contribution in [1.29, 1.82) is 0 Å². The molecule has 6 aromatic carbocycles. The molecule has 0 fully saturated rings. The summed E-state index contributed by atoms with van der Waals surface area (Å²) in [5, 5.41) is 10.5. The highest BCUT2D eigenvalue weighted by Gasteiger charge is 2.22. The summed E-state index contributed by atoms with van der Waals surface area (Å²) in [7, 11) is 0. The van der Waals surface area contributed by atoms with Gasteiger partial charge in [-0.1, -0.05) is 97.1 Å². The maximum atomic E-state index is 4.86. The fourth-order valence-electron chi connectivity index (χ4n) is 7.02. The monoisotopic (exact) mass is 565 g/mol. The molecule has 0 bridgehead atoms. The van der Waals surface area contributed by atoms with Gasteiger partial charge >= 0.3 is 0 Å². The molecule has 0 aliphatic carbocycles. The van der Waals surface area contributed by atoms with Crippen molar-refractivity contribution in [2.75, 3.05) is 0 Å². The van der Waals surface area contributed by atoms with E-state index in [0.717, 1.165) is 22.6 Å². The minimum absolute atomic E-state index is 0.954. The van der Waals surface area contributed by atoms with Gasteiger partial charge in [-0.2, -0.15) is 0 Å². The van der Waals surface area contributed by atoms with E-state index in [9.17, 15) is 0 Å². The SMILES string of the molecule is c1ccc2c(c1)ccc1c2sc2c3ccccc3c3c4ccccc4n(-c4ccc(-c5cn6ccccc6n5)cc4)c3c12. The van der Waals surface area contributed by atoms with Crippen molar-refractivity contribution < 1.29 is 0 Å². The zero-order valence-corrected chi connectivity index (χ0v) is 23.8. The van der Waals surface area contributed by atoms with E-state index in [2.05, 4.69) is 124 Å². The van der Waals surface area contributed by atoms with Crippen LogP contribution in [-0.2, 0) is 0 Å². The molecule has 0 unspecified atom stereocenters. The van der Waals surface area contributed by atoms with Gasteiger partial charge in [-0.15, -0.1) is 11.3 Å². The van der Waals surface area contributed by atoms with Crippen molar-refractivity contribution in [2.24, 2.45) is 0 Å². The fraction of sp³-hybridized carbons (Fsp3) is 0. The number of nitrogens with zero attached hydrogens (tertiary/aromatic N) is 3. The van der Waals surface area contributed by atoms with Gasteiger partial charge in [0, 0.05) is 60.0 Å². The molecule has 0 saturated carbocycles. The van der Waals surface area contributed by atoms with Gasteiger partial charge < -0.3 is 8.97 Å². The Labute approximate surface area is 250 Å². The lowest BCUT2D eigenvalue weighted by Gasteiger charge is -2.11. The zero-order valence-electron chi connectivity index (χ0n) is 23.0. The fourth-order valence-corrected chi connectivity index (χ4v) is 8.40. The molecule has 200 valence electrons. The molecule has 43 heavy (non-hydrogen) atoms. The molecule has 0 saturated heterocycles. The molecule has 10 aromatic rings. The zero-order chi connectivity index (χ0) is 28.1. The minimum Gasteiger partial charge on any atom is -0.309 e. The summed E-state index contributed by atoms with van der Waals surface area (Å²) in [4.78, 5) is 4.86.